The minimum absolute atomic E-state index is 0.978. The molecule has 1 rings (SSSR count). The number of aromatic nitrogens is 2. The van der Waals surface area contributed by atoms with Crippen LogP contribution in [0.2, 0.25) is 0 Å². The van der Waals surface area contributed by atoms with Crippen molar-refractivity contribution in [2.45, 2.75) is 33.7 Å². The summed E-state index contributed by atoms with van der Waals surface area (Å²) in [7, 11) is 0. The van der Waals surface area contributed by atoms with E-state index >= 15 is 0 Å². The second kappa shape index (κ2) is 3.57. The number of allylic oxidation sites excluding steroid dienone is 1. The third kappa shape index (κ3) is 1.42. The van der Waals surface area contributed by atoms with Crippen molar-refractivity contribution in [1.29, 1.82) is 0 Å². The van der Waals surface area contributed by atoms with E-state index in [1.807, 2.05) is 13.1 Å². The molecule has 0 fully saturated rings. The topological polar surface area (TPSA) is 17.8 Å². The molecule has 0 aromatic carbocycles. The Hall–Kier alpha value is -1.05. The van der Waals surface area contributed by atoms with Gasteiger partial charge in [-0.2, -0.15) is 0 Å². The van der Waals surface area contributed by atoms with Crippen LogP contribution in [0.15, 0.2) is 12.8 Å². The average Bonchev–Trinajstić information content (AvgIpc) is 2.46. The van der Waals surface area contributed by atoms with Crippen molar-refractivity contribution in [3.63, 3.8) is 0 Å². The normalized spacial score (nSPS) is 10.2. The Morgan fingerprint density at radius 1 is 1.58 bits per heavy atom. The summed E-state index contributed by atoms with van der Waals surface area (Å²) in [5.41, 5.74) is 2.25. The van der Waals surface area contributed by atoms with Gasteiger partial charge < -0.3 is 4.57 Å². The number of nitrogens with zero attached hydrogens (tertiary/aromatic N) is 2. The summed E-state index contributed by atoms with van der Waals surface area (Å²) in [6, 6.07) is 0. The lowest BCUT2D eigenvalue weighted by Gasteiger charge is -2.07. The molecule has 0 spiro atoms. The molecule has 12 heavy (non-hydrogen) atoms. The molecule has 1 aromatic heterocycles. The number of hydrogen-bond acceptors (Lipinski definition) is 1. The Balaban J connectivity index is 3.13. The van der Waals surface area contributed by atoms with Gasteiger partial charge >= 0.3 is 0 Å². The zero-order valence-electron chi connectivity index (χ0n) is 8.09. The van der Waals surface area contributed by atoms with Crippen LogP contribution in [0.1, 0.15) is 32.3 Å². The molecule has 0 bridgehead atoms. The molecule has 0 radical (unpaired) electrons. The molecular weight excluding hydrogens is 148 g/mol. The highest BCUT2D eigenvalue weighted by molar-refractivity contribution is 5.57. The van der Waals surface area contributed by atoms with E-state index in [1.54, 1.807) is 0 Å². The summed E-state index contributed by atoms with van der Waals surface area (Å²) in [5, 5.41) is 0. The van der Waals surface area contributed by atoms with Gasteiger partial charge in [-0.05, 0) is 19.4 Å². The summed E-state index contributed by atoms with van der Waals surface area (Å²) >= 11 is 0. The van der Waals surface area contributed by atoms with E-state index in [1.165, 1.54) is 0 Å². The minimum Gasteiger partial charge on any atom is -0.329 e. The summed E-state index contributed by atoms with van der Waals surface area (Å²) in [6.07, 6.45) is 2.89. The third-order valence-electron chi connectivity index (χ3n) is 2.01. The highest BCUT2D eigenvalue weighted by atomic mass is 15.1. The Kier molecular flexibility index (Phi) is 2.69. The molecule has 0 aliphatic carbocycles. The SMILES string of the molecule is C=C(C)c1cnc(CC)n1CC. The van der Waals surface area contributed by atoms with Crippen molar-refractivity contribution < 1.29 is 0 Å². The molecule has 1 heterocycles. The maximum Gasteiger partial charge on any atom is 0.108 e. The standard InChI is InChI=1S/C10H16N2/c1-5-10-11-7-9(8(3)4)12(10)6-2/h7H,3,5-6H2,1-2,4H3. The van der Waals surface area contributed by atoms with Crippen LogP contribution in [0.3, 0.4) is 0 Å². The van der Waals surface area contributed by atoms with Gasteiger partial charge in [0.1, 0.15) is 5.82 Å². The highest BCUT2D eigenvalue weighted by Crippen LogP contribution is 2.13. The van der Waals surface area contributed by atoms with Crippen LogP contribution in [0.25, 0.3) is 5.57 Å². The highest BCUT2D eigenvalue weighted by Gasteiger charge is 2.05. The van der Waals surface area contributed by atoms with E-state index in [2.05, 4.69) is 30.0 Å². The van der Waals surface area contributed by atoms with Crippen molar-refractivity contribution in [2.24, 2.45) is 0 Å². The predicted molar refractivity (Wildman–Crippen MR) is 52.0 cm³/mol. The molecule has 0 aliphatic heterocycles. The summed E-state index contributed by atoms with van der Waals surface area (Å²) < 4.78 is 2.21. The maximum atomic E-state index is 4.33. The fourth-order valence-electron chi connectivity index (χ4n) is 1.39. The fourth-order valence-corrected chi connectivity index (χ4v) is 1.39. The lowest BCUT2D eigenvalue weighted by Crippen LogP contribution is -2.03. The Morgan fingerprint density at radius 2 is 2.25 bits per heavy atom. The number of imidazole rings is 1. The van der Waals surface area contributed by atoms with E-state index in [4.69, 9.17) is 0 Å². The first kappa shape index (κ1) is 9.04. The second-order valence-corrected chi connectivity index (χ2v) is 2.94. The van der Waals surface area contributed by atoms with Gasteiger partial charge in [0.2, 0.25) is 0 Å². The van der Waals surface area contributed by atoms with E-state index in [0.717, 1.165) is 30.1 Å². The Bertz CT molecular complexity index is 284. The largest absolute Gasteiger partial charge is 0.329 e. The Labute approximate surface area is 73.9 Å². The van der Waals surface area contributed by atoms with Crippen LogP contribution in [0.5, 0.6) is 0 Å². The first-order chi connectivity index (χ1) is 5.70. The fraction of sp³-hybridized carbons (Fsp3) is 0.500. The minimum atomic E-state index is 0.978. The monoisotopic (exact) mass is 164 g/mol. The molecule has 0 amide bonds. The van der Waals surface area contributed by atoms with Crippen LogP contribution in [0, 0.1) is 0 Å². The van der Waals surface area contributed by atoms with Crippen LogP contribution >= 0.6 is 0 Å². The molecule has 0 saturated carbocycles. The van der Waals surface area contributed by atoms with E-state index in [9.17, 15) is 0 Å². The van der Waals surface area contributed by atoms with Gasteiger partial charge in [0.15, 0.2) is 0 Å². The average molecular weight is 164 g/mol. The molecule has 1 aromatic rings. The van der Waals surface area contributed by atoms with Crippen molar-refractivity contribution >= 4 is 5.57 Å². The second-order valence-electron chi connectivity index (χ2n) is 2.94. The molecule has 0 aliphatic rings. The predicted octanol–water partition coefficient (Wildman–Crippen LogP) is 2.50. The van der Waals surface area contributed by atoms with Crippen LogP contribution in [-0.4, -0.2) is 9.55 Å². The van der Waals surface area contributed by atoms with Crippen LogP contribution < -0.4 is 0 Å². The van der Waals surface area contributed by atoms with Crippen LogP contribution in [0.4, 0.5) is 0 Å². The van der Waals surface area contributed by atoms with Gasteiger partial charge in [-0.1, -0.05) is 13.5 Å². The lowest BCUT2D eigenvalue weighted by molar-refractivity contribution is 0.697. The van der Waals surface area contributed by atoms with Crippen molar-refractivity contribution in [2.75, 3.05) is 0 Å². The summed E-state index contributed by atoms with van der Waals surface area (Å²) in [4.78, 5) is 4.33. The molecule has 0 N–H and O–H groups in total. The van der Waals surface area contributed by atoms with Gasteiger partial charge in [0, 0.05) is 13.0 Å². The maximum absolute atomic E-state index is 4.33. The molecule has 2 nitrogen and oxygen atoms in total. The van der Waals surface area contributed by atoms with Crippen molar-refractivity contribution in [3.05, 3.63) is 24.3 Å². The van der Waals surface area contributed by atoms with Crippen molar-refractivity contribution in [1.82, 2.24) is 9.55 Å². The molecule has 0 atom stereocenters. The third-order valence-corrected chi connectivity index (χ3v) is 2.01. The first-order valence-corrected chi connectivity index (χ1v) is 4.41. The van der Waals surface area contributed by atoms with Gasteiger partial charge in [0.25, 0.3) is 0 Å². The quantitative estimate of drug-likeness (QED) is 0.671. The van der Waals surface area contributed by atoms with E-state index in [0.29, 0.717) is 0 Å². The number of rotatable bonds is 3. The van der Waals surface area contributed by atoms with Crippen molar-refractivity contribution in [3.8, 4) is 0 Å². The molecule has 66 valence electrons. The van der Waals surface area contributed by atoms with Gasteiger partial charge in [-0.15, -0.1) is 0 Å². The zero-order chi connectivity index (χ0) is 9.14. The van der Waals surface area contributed by atoms with E-state index < -0.39 is 0 Å². The smallest absolute Gasteiger partial charge is 0.108 e. The lowest BCUT2D eigenvalue weighted by atomic mass is 10.2. The van der Waals surface area contributed by atoms with Gasteiger partial charge in [-0.3, -0.25) is 0 Å². The zero-order valence-corrected chi connectivity index (χ0v) is 8.09. The van der Waals surface area contributed by atoms with E-state index in [-0.39, 0.29) is 0 Å². The number of hydrogen-bond donors (Lipinski definition) is 0. The molecule has 0 saturated heterocycles. The first-order valence-electron chi connectivity index (χ1n) is 4.41. The summed E-state index contributed by atoms with van der Waals surface area (Å²) in [6.45, 7) is 11.2. The number of aryl methyl sites for hydroxylation is 1. The Morgan fingerprint density at radius 3 is 2.67 bits per heavy atom. The summed E-state index contributed by atoms with van der Waals surface area (Å²) in [5.74, 6) is 1.15. The van der Waals surface area contributed by atoms with Gasteiger partial charge in [0.05, 0.1) is 11.9 Å². The van der Waals surface area contributed by atoms with Gasteiger partial charge in [-0.25, -0.2) is 4.98 Å². The molecular formula is C10H16N2. The molecule has 2 heteroatoms. The van der Waals surface area contributed by atoms with Crippen LogP contribution in [-0.2, 0) is 13.0 Å². The molecule has 0 unspecified atom stereocenters.